The zero-order valence-electron chi connectivity index (χ0n) is 15.3. The molecule has 1 aliphatic rings. The summed E-state index contributed by atoms with van der Waals surface area (Å²) in [6, 6.07) is 9.41. The van der Waals surface area contributed by atoms with Crippen molar-refractivity contribution in [1.29, 1.82) is 0 Å². The highest BCUT2D eigenvalue weighted by Gasteiger charge is 2.23. The van der Waals surface area contributed by atoms with Crippen LogP contribution in [-0.2, 0) is 11.3 Å². The van der Waals surface area contributed by atoms with E-state index in [1.165, 1.54) is 17.2 Å². The van der Waals surface area contributed by atoms with Crippen LogP contribution in [0.5, 0.6) is 11.5 Å². The van der Waals surface area contributed by atoms with Crippen molar-refractivity contribution in [3.05, 3.63) is 52.6 Å². The molecule has 3 N–H and O–H groups in total. The number of hydrogen-bond acceptors (Lipinski definition) is 6. The number of anilines is 1. The molecule has 3 rings (SSSR count). The molecule has 1 aliphatic heterocycles. The molecule has 0 atom stereocenters. The van der Waals surface area contributed by atoms with Gasteiger partial charge in [0.05, 0.1) is 39.0 Å². The number of primary amides is 1. The highest BCUT2D eigenvalue weighted by atomic mass is 16.5. The van der Waals surface area contributed by atoms with E-state index >= 15 is 0 Å². The number of benzene rings is 1. The summed E-state index contributed by atoms with van der Waals surface area (Å²) < 4.78 is 16.0. The molecule has 8 nitrogen and oxygen atoms in total. The number of nitrogens with zero attached hydrogens (tertiary/aromatic N) is 1. The van der Waals surface area contributed by atoms with Gasteiger partial charge in [-0.2, -0.15) is 0 Å². The van der Waals surface area contributed by atoms with Crippen LogP contribution in [0.15, 0.2) is 45.8 Å². The summed E-state index contributed by atoms with van der Waals surface area (Å²) in [5.74, 6) is 0.815. The number of carbonyl (C=O) groups excluding carboxylic acids is 1. The zero-order chi connectivity index (χ0) is 19.2. The Balaban J connectivity index is 1.57. The number of carbonyl (C=O) groups is 1. The smallest absolute Gasteiger partial charge is 0.255 e. The predicted molar refractivity (Wildman–Crippen MR) is 99.3 cm³/mol. The van der Waals surface area contributed by atoms with Crippen LogP contribution < -0.4 is 30.4 Å². The van der Waals surface area contributed by atoms with Gasteiger partial charge in [-0.3, -0.25) is 9.59 Å². The van der Waals surface area contributed by atoms with Crippen LogP contribution in [-0.4, -0.2) is 45.8 Å². The van der Waals surface area contributed by atoms with Gasteiger partial charge in [-0.25, -0.2) is 0 Å². The molecule has 0 radical (unpaired) electrons. The van der Waals surface area contributed by atoms with E-state index in [2.05, 4.69) is 11.0 Å². The molecule has 144 valence electrons. The van der Waals surface area contributed by atoms with E-state index in [4.69, 9.17) is 19.6 Å². The number of ether oxygens (including phenoxy) is 2. The summed E-state index contributed by atoms with van der Waals surface area (Å²) >= 11 is 0. The Kier molecular flexibility index (Phi) is 5.97. The predicted octanol–water partition coefficient (Wildman–Crippen LogP) is -0.582. The van der Waals surface area contributed by atoms with Gasteiger partial charge in [0.2, 0.25) is 11.2 Å². The number of amides is 1. The van der Waals surface area contributed by atoms with Crippen molar-refractivity contribution in [2.75, 3.05) is 44.8 Å². The Hall–Kier alpha value is -3.00. The summed E-state index contributed by atoms with van der Waals surface area (Å²) in [6.07, 6.45) is 1.24. The fourth-order valence-electron chi connectivity index (χ4n) is 3.16. The summed E-state index contributed by atoms with van der Waals surface area (Å²) in [4.78, 5) is 26.4. The molecule has 0 unspecified atom stereocenters. The molecular formula is C19H24N3O5+. The van der Waals surface area contributed by atoms with Gasteiger partial charge >= 0.3 is 0 Å². The SMILES string of the molecule is COc1ccccc1N1CC[NH+](Cc2cc(=O)c(OCC(N)=O)co2)CC1. The van der Waals surface area contributed by atoms with Gasteiger partial charge in [-0.15, -0.1) is 0 Å². The van der Waals surface area contributed by atoms with Crippen molar-refractivity contribution in [3.63, 3.8) is 0 Å². The van der Waals surface area contributed by atoms with Crippen molar-refractivity contribution < 1.29 is 23.6 Å². The van der Waals surface area contributed by atoms with Crippen LogP contribution in [0.1, 0.15) is 5.76 Å². The fourth-order valence-corrected chi connectivity index (χ4v) is 3.16. The van der Waals surface area contributed by atoms with E-state index in [1.807, 2.05) is 18.2 Å². The zero-order valence-corrected chi connectivity index (χ0v) is 15.3. The molecule has 1 saturated heterocycles. The minimum absolute atomic E-state index is 0.00598. The quantitative estimate of drug-likeness (QED) is 0.673. The van der Waals surface area contributed by atoms with E-state index < -0.39 is 5.91 Å². The minimum atomic E-state index is -0.643. The van der Waals surface area contributed by atoms with E-state index in [1.54, 1.807) is 7.11 Å². The summed E-state index contributed by atoms with van der Waals surface area (Å²) in [6.45, 7) is 3.88. The van der Waals surface area contributed by atoms with Crippen LogP contribution in [0.3, 0.4) is 0 Å². The number of hydrogen-bond donors (Lipinski definition) is 2. The van der Waals surface area contributed by atoms with Crippen molar-refractivity contribution in [2.45, 2.75) is 6.54 Å². The van der Waals surface area contributed by atoms with Gasteiger partial charge in [0.15, 0.2) is 12.4 Å². The average Bonchev–Trinajstić information content (AvgIpc) is 2.68. The first-order valence-corrected chi connectivity index (χ1v) is 8.81. The Morgan fingerprint density at radius 1 is 1.26 bits per heavy atom. The lowest BCUT2D eigenvalue weighted by Gasteiger charge is -2.34. The van der Waals surface area contributed by atoms with Gasteiger partial charge in [0.25, 0.3) is 5.91 Å². The minimum Gasteiger partial charge on any atom is -0.495 e. The number of methoxy groups -OCH3 is 1. The maximum absolute atomic E-state index is 12.0. The molecule has 2 heterocycles. The van der Waals surface area contributed by atoms with E-state index in [0.29, 0.717) is 12.3 Å². The number of nitrogens with two attached hydrogens (primary N) is 1. The van der Waals surface area contributed by atoms with Crippen molar-refractivity contribution in [3.8, 4) is 11.5 Å². The molecule has 1 aromatic carbocycles. The largest absolute Gasteiger partial charge is 0.495 e. The first-order valence-electron chi connectivity index (χ1n) is 8.81. The lowest BCUT2D eigenvalue weighted by atomic mass is 10.2. The highest BCUT2D eigenvalue weighted by molar-refractivity contribution is 5.75. The van der Waals surface area contributed by atoms with Crippen LogP contribution in [0.4, 0.5) is 5.69 Å². The van der Waals surface area contributed by atoms with Crippen LogP contribution >= 0.6 is 0 Å². The van der Waals surface area contributed by atoms with Crippen molar-refractivity contribution in [2.24, 2.45) is 5.73 Å². The van der Waals surface area contributed by atoms with Gasteiger partial charge in [0.1, 0.15) is 18.6 Å². The Morgan fingerprint density at radius 3 is 2.67 bits per heavy atom. The first kappa shape index (κ1) is 18.8. The summed E-state index contributed by atoms with van der Waals surface area (Å²) in [5.41, 5.74) is 5.79. The highest BCUT2D eigenvalue weighted by Crippen LogP contribution is 2.27. The number of nitrogens with one attached hydrogen (secondary N) is 1. The summed E-state index contributed by atoms with van der Waals surface area (Å²) in [7, 11) is 1.68. The molecule has 2 aromatic rings. The van der Waals surface area contributed by atoms with E-state index in [0.717, 1.165) is 37.6 Å². The van der Waals surface area contributed by atoms with Crippen molar-refractivity contribution >= 4 is 11.6 Å². The van der Waals surface area contributed by atoms with Crippen LogP contribution in [0.25, 0.3) is 0 Å². The number of piperazine rings is 1. The normalized spacial score (nSPS) is 14.8. The Labute approximate surface area is 157 Å². The molecule has 8 heteroatoms. The number of rotatable bonds is 7. The van der Waals surface area contributed by atoms with Gasteiger partial charge in [-0.05, 0) is 12.1 Å². The molecule has 0 spiro atoms. The fraction of sp³-hybridized carbons (Fsp3) is 0.368. The van der Waals surface area contributed by atoms with E-state index in [-0.39, 0.29) is 17.8 Å². The number of para-hydroxylation sites is 2. The summed E-state index contributed by atoms with van der Waals surface area (Å²) in [5, 5.41) is 0. The lowest BCUT2D eigenvalue weighted by Crippen LogP contribution is -3.13. The molecule has 1 amide bonds. The maximum Gasteiger partial charge on any atom is 0.255 e. The van der Waals surface area contributed by atoms with Gasteiger partial charge in [0, 0.05) is 6.07 Å². The molecule has 27 heavy (non-hydrogen) atoms. The molecule has 0 aliphatic carbocycles. The Morgan fingerprint density at radius 2 is 2.00 bits per heavy atom. The Bertz CT molecular complexity index is 843. The third-order valence-corrected chi connectivity index (χ3v) is 4.54. The van der Waals surface area contributed by atoms with Gasteiger partial charge in [-0.1, -0.05) is 12.1 Å². The van der Waals surface area contributed by atoms with Gasteiger partial charge < -0.3 is 29.4 Å². The molecule has 0 bridgehead atoms. The third-order valence-electron chi connectivity index (χ3n) is 4.54. The standard InChI is InChI=1S/C19H23N3O5/c1-25-17-5-3-2-4-15(17)22-8-6-21(7-9-22)11-14-10-16(23)18(12-26-14)27-13-19(20)24/h2-5,10,12H,6-9,11,13H2,1H3,(H2,20,24)/p+1. The van der Waals surface area contributed by atoms with Crippen LogP contribution in [0, 0.1) is 0 Å². The maximum atomic E-state index is 12.0. The second-order valence-corrected chi connectivity index (χ2v) is 6.42. The molecular weight excluding hydrogens is 350 g/mol. The molecule has 1 fully saturated rings. The topological polar surface area (TPSA) is 99.4 Å². The first-order chi connectivity index (χ1) is 13.1. The van der Waals surface area contributed by atoms with E-state index in [9.17, 15) is 9.59 Å². The average molecular weight is 374 g/mol. The lowest BCUT2D eigenvalue weighted by molar-refractivity contribution is -0.915. The van der Waals surface area contributed by atoms with Crippen molar-refractivity contribution in [1.82, 2.24) is 0 Å². The monoisotopic (exact) mass is 374 g/mol. The number of quaternary nitrogens is 1. The molecule has 0 saturated carbocycles. The second kappa shape index (κ2) is 8.59. The third kappa shape index (κ3) is 4.79. The second-order valence-electron chi connectivity index (χ2n) is 6.42. The van der Waals surface area contributed by atoms with Crippen LogP contribution in [0.2, 0.25) is 0 Å². The molecule has 1 aromatic heterocycles.